The largest absolute Gasteiger partial charge is 0.493 e. The number of methoxy groups -OCH3 is 2. The first kappa shape index (κ1) is 32.7. The van der Waals surface area contributed by atoms with E-state index in [1.165, 1.54) is 7.11 Å². The van der Waals surface area contributed by atoms with Crippen molar-refractivity contribution < 1.29 is 48.0 Å². The van der Waals surface area contributed by atoms with E-state index in [1.807, 2.05) is 18.2 Å². The number of halogens is 1. The third kappa shape index (κ3) is 7.85. The third-order valence-corrected chi connectivity index (χ3v) is 7.82. The first-order valence-corrected chi connectivity index (χ1v) is 14.8. The molecule has 1 N–H and O–H groups in total. The second kappa shape index (κ2) is 15.0. The normalized spacial score (nSPS) is 13.3. The van der Waals surface area contributed by atoms with Crippen LogP contribution in [0.15, 0.2) is 18.2 Å². The predicted octanol–water partition coefficient (Wildman–Crippen LogP) is 4.10. The molecule has 2 heterocycles. The van der Waals surface area contributed by atoms with Crippen molar-refractivity contribution in [2.75, 3.05) is 34.0 Å². The number of ether oxygens (including phenoxy) is 5. The zero-order valence-corrected chi connectivity index (χ0v) is 25.9. The van der Waals surface area contributed by atoms with Crippen molar-refractivity contribution in [1.29, 1.82) is 0 Å². The van der Waals surface area contributed by atoms with E-state index in [0.717, 1.165) is 22.3 Å². The van der Waals surface area contributed by atoms with E-state index in [9.17, 15) is 19.2 Å². The van der Waals surface area contributed by atoms with Crippen LogP contribution < -0.4 is 18.9 Å². The molecular formula is C31H37ClN2O10. The van der Waals surface area contributed by atoms with Gasteiger partial charge in [0.25, 0.3) is 0 Å². The molecule has 4 rings (SSSR count). The molecular weight excluding hydrogens is 596 g/mol. The second-order valence-electron chi connectivity index (χ2n) is 10.4. The fraction of sp³-hybridized carbons (Fsp3) is 0.484. The van der Waals surface area contributed by atoms with E-state index in [2.05, 4.69) is 0 Å². The molecule has 2 aliphatic heterocycles. The minimum atomic E-state index is -1.00. The number of aliphatic carboxylic acids is 1. The maximum Gasteiger partial charge on any atom is 0.306 e. The molecule has 0 spiro atoms. The van der Waals surface area contributed by atoms with Crippen LogP contribution in [0.2, 0.25) is 5.02 Å². The minimum Gasteiger partial charge on any atom is -0.493 e. The van der Waals surface area contributed by atoms with Crippen molar-refractivity contribution in [1.82, 2.24) is 9.80 Å². The van der Waals surface area contributed by atoms with Gasteiger partial charge in [0.05, 0.1) is 51.9 Å². The zero-order chi connectivity index (χ0) is 31.8. The van der Waals surface area contributed by atoms with Crippen LogP contribution in [0.4, 0.5) is 0 Å². The molecule has 0 bridgehead atoms. The molecule has 238 valence electrons. The van der Waals surface area contributed by atoms with Gasteiger partial charge in [0.1, 0.15) is 0 Å². The van der Waals surface area contributed by atoms with Crippen LogP contribution in [-0.2, 0) is 50.1 Å². The summed E-state index contributed by atoms with van der Waals surface area (Å²) in [6, 6.07) is 5.50. The van der Waals surface area contributed by atoms with E-state index in [0.29, 0.717) is 67.2 Å². The molecule has 0 atom stereocenters. The van der Waals surface area contributed by atoms with Gasteiger partial charge in [-0.2, -0.15) is 0 Å². The minimum absolute atomic E-state index is 0.0249. The van der Waals surface area contributed by atoms with Gasteiger partial charge in [-0.1, -0.05) is 11.6 Å². The summed E-state index contributed by atoms with van der Waals surface area (Å²) >= 11 is 6.73. The molecule has 2 amide bonds. The smallest absolute Gasteiger partial charge is 0.306 e. The Morgan fingerprint density at radius 1 is 0.773 bits per heavy atom. The molecule has 0 saturated carbocycles. The summed E-state index contributed by atoms with van der Waals surface area (Å²) in [4.78, 5) is 50.8. The number of carboxylic acids is 1. The molecule has 13 heteroatoms. The Morgan fingerprint density at radius 3 is 1.98 bits per heavy atom. The maximum absolute atomic E-state index is 12.7. The number of fused-ring (bicyclic) bond motifs is 2. The number of benzene rings is 2. The maximum atomic E-state index is 12.7. The van der Waals surface area contributed by atoms with E-state index in [-0.39, 0.29) is 50.7 Å². The first-order chi connectivity index (χ1) is 21.1. The number of amides is 2. The first-order valence-electron chi connectivity index (χ1n) is 14.4. The lowest BCUT2D eigenvalue weighted by Crippen LogP contribution is -2.25. The highest BCUT2D eigenvalue weighted by Gasteiger charge is 2.30. The van der Waals surface area contributed by atoms with Gasteiger partial charge in [0.2, 0.25) is 11.8 Å². The van der Waals surface area contributed by atoms with Crippen LogP contribution in [0.1, 0.15) is 61.3 Å². The highest BCUT2D eigenvalue weighted by molar-refractivity contribution is 6.33. The van der Waals surface area contributed by atoms with E-state index in [1.54, 1.807) is 23.8 Å². The fourth-order valence-electron chi connectivity index (χ4n) is 5.17. The second-order valence-corrected chi connectivity index (χ2v) is 10.8. The summed E-state index contributed by atoms with van der Waals surface area (Å²) < 4.78 is 27.9. The number of carboxylic acid groups (broad SMARTS) is 1. The monoisotopic (exact) mass is 632 g/mol. The summed E-state index contributed by atoms with van der Waals surface area (Å²) in [7, 11) is 3.06. The quantitative estimate of drug-likeness (QED) is 0.225. The summed E-state index contributed by atoms with van der Waals surface area (Å²) in [6.07, 6.45) is 0.343. The Morgan fingerprint density at radius 2 is 1.34 bits per heavy atom. The van der Waals surface area contributed by atoms with Crippen LogP contribution >= 0.6 is 11.6 Å². The number of rotatable bonds is 15. The molecule has 0 unspecified atom stereocenters. The molecule has 0 fully saturated rings. The SMILES string of the molecule is CCOC(=O)CCC(=O)N1Cc2cc(OC)c(OCCCOc3cc4c(cc3OC)CN(C(=O)CCC(=O)O)C4)c(Cl)c2C1. The average molecular weight is 633 g/mol. The van der Waals surface area contributed by atoms with Gasteiger partial charge in [0.15, 0.2) is 23.0 Å². The summed E-state index contributed by atoms with van der Waals surface area (Å²) in [5, 5.41) is 9.24. The molecule has 2 aromatic rings. The predicted molar refractivity (Wildman–Crippen MR) is 158 cm³/mol. The summed E-state index contributed by atoms with van der Waals surface area (Å²) in [5.41, 5.74) is 3.49. The van der Waals surface area contributed by atoms with Crippen molar-refractivity contribution in [2.45, 2.75) is 65.2 Å². The molecule has 44 heavy (non-hydrogen) atoms. The van der Waals surface area contributed by atoms with Crippen molar-refractivity contribution in [2.24, 2.45) is 0 Å². The number of hydrogen-bond donors (Lipinski definition) is 1. The number of carbonyl (C=O) groups excluding carboxylic acids is 3. The Balaban J connectivity index is 1.31. The van der Waals surface area contributed by atoms with Crippen LogP contribution in [0.25, 0.3) is 0 Å². The van der Waals surface area contributed by atoms with Crippen LogP contribution in [-0.4, -0.2) is 72.7 Å². The van der Waals surface area contributed by atoms with Crippen molar-refractivity contribution >= 4 is 35.4 Å². The Bertz CT molecular complexity index is 1410. The third-order valence-electron chi connectivity index (χ3n) is 7.42. The lowest BCUT2D eigenvalue weighted by Gasteiger charge is -2.16. The van der Waals surface area contributed by atoms with Crippen molar-refractivity contribution in [3.63, 3.8) is 0 Å². The van der Waals surface area contributed by atoms with Crippen molar-refractivity contribution in [3.8, 4) is 23.0 Å². The molecule has 0 aromatic heterocycles. The summed E-state index contributed by atoms with van der Waals surface area (Å²) in [6.45, 7) is 4.01. The highest BCUT2D eigenvalue weighted by Crippen LogP contribution is 2.43. The molecule has 12 nitrogen and oxygen atoms in total. The van der Waals surface area contributed by atoms with Gasteiger partial charge in [-0.25, -0.2) is 0 Å². The fourth-order valence-corrected chi connectivity index (χ4v) is 5.49. The number of carbonyl (C=O) groups is 4. The molecule has 0 aliphatic carbocycles. The Kier molecular flexibility index (Phi) is 11.2. The van der Waals surface area contributed by atoms with E-state index >= 15 is 0 Å². The lowest BCUT2D eigenvalue weighted by molar-refractivity contribution is -0.145. The number of hydrogen-bond acceptors (Lipinski definition) is 9. The van der Waals surface area contributed by atoms with Gasteiger partial charge in [0, 0.05) is 45.4 Å². The number of nitrogens with zero attached hydrogens (tertiary/aromatic N) is 2. The lowest BCUT2D eigenvalue weighted by atomic mass is 10.1. The van der Waals surface area contributed by atoms with Gasteiger partial charge < -0.3 is 38.6 Å². The Hall–Kier alpha value is -4.19. The Labute approximate surface area is 260 Å². The van der Waals surface area contributed by atoms with Gasteiger partial charge in [-0.3, -0.25) is 19.2 Å². The highest BCUT2D eigenvalue weighted by atomic mass is 35.5. The van der Waals surface area contributed by atoms with Gasteiger partial charge in [-0.15, -0.1) is 0 Å². The summed E-state index contributed by atoms with van der Waals surface area (Å²) in [5.74, 6) is 0.130. The van der Waals surface area contributed by atoms with Crippen LogP contribution in [0.5, 0.6) is 23.0 Å². The standard InChI is InChI=1S/C31H37ClN2O10/c1-4-42-29(39)9-7-27(36)34-17-21-14-25(41-3)31(30(32)22(21)18-34)44-11-5-10-43-24-13-20-16-33(26(35)6-8-28(37)38)15-19(20)12-23(24)40-2/h12-14H,4-11,15-18H2,1-3H3,(H,37,38). The van der Waals surface area contributed by atoms with Crippen molar-refractivity contribution in [3.05, 3.63) is 45.5 Å². The van der Waals surface area contributed by atoms with Crippen LogP contribution in [0, 0.1) is 0 Å². The molecule has 2 aliphatic rings. The average Bonchev–Trinajstić information content (AvgIpc) is 3.63. The van der Waals surface area contributed by atoms with E-state index in [4.69, 9.17) is 40.4 Å². The molecule has 0 radical (unpaired) electrons. The molecule has 2 aromatic carbocycles. The van der Waals surface area contributed by atoms with Gasteiger partial charge >= 0.3 is 11.9 Å². The topological polar surface area (TPSA) is 141 Å². The zero-order valence-electron chi connectivity index (χ0n) is 25.1. The van der Waals surface area contributed by atoms with Crippen LogP contribution in [0.3, 0.4) is 0 Å². The van der Waals surface area contributed by atoms with E-state index < -0.39 is 11.9 Å². The number of esters is 1. The van der Waals surface area contributed by atoms with Gasteiger partial charge in [-0.05, 0) is 47.4 Å². The molecule has 0 saturated heterocycles.